The van der Waals surface area contributed by atoms with Gasteiger partial charge in [0.25, 0.3) is 0 Å². The molecule has 1 atom stereocenters. The van der Waals surface area contributed by atoms with Crippen molar-refractivity contribution in [2.45, 2.75) is 64.0 Å². The van der Waals surface area contributed by atoms with Crippen molar-refractivity contribution in [3.63, 3.8) is 0 Å². The van der Waals surface area contributed by atoms with Crippen molar-refractivity contribution < 1.29 is 14.7 Å². The number of carbonyl (C=O) groups is 2. The van der Waals surface area contributed by atoms with Gasteiger partial charge < -0.3 is 16.2 Å². The van der Waals surface area contributed by atoms with Crippen LogP contribution in [0.5, 0.6) is 0 Å². The molecule has 0 aromatic heterocycles. The Morgan fingerprint density at radius 1 is 1.28 bits per heavy atom. The Labute approximate surface area is 108 Å². The van der Waals surface area contributed by atoms with Crippen LogP contribution in [0.15, 0.2) is 0 Å². The first kappa shape index (κ1) is 15.0. The van der Waals surface area contributed by atoms with Crippen molar-refractivity contribution in [1.29, 1.82) is 0 Å². The predicted octanol–water partition coefficient (Wildman–Crippen LogP) is 0.698. The number of nitrogens with one attached hydrogen (secondary N) is 1. The lowest BCUT2D eigenvalue weighted by Gasteiger charge is -2.32. The summed E-state index contributed by atoms with van der Waals surface area (Å²) in [6, 6.07) is -0.662. The van der Waals surface area contributed by atoms with Gasteiger partial charge in [0.1, 0.15) is 6.04 Å². The third-order valence-corrected chi connectivity index (χ3v) is 3.56. The van der Waals surface area contributed by atoms with Gasteiger partial charge in [-0.1, -0.05) is 33.1 Å². The predicted molar refractivity (Wildman–Crippen MR) is 68.6 cm³/mol. The van der Waals surface area contributed by atoms with E-state index < -0.39 is 17.6 Å². The van der Waals surface area contributed by atoms with Crippen molar-refractivity contribution in [2.75, 3.05) is 0 Å². The van der Waals surface area contributed by atoms with E-state index in [4.69, 9.17) is 5.73 Å². The highest BCUT2D eigenvalue weighted by Gasteiger charge is 2.33. The Hall–Kier alpha value is -1.10. The summed E-state index contributed by atoms with van der Waals surface area (Å²) in [4.78, 5) is 23.1. The van der Waals surface area contributed by atoms with Crippen molar-refractivity contribution in [2.24, 2.45) is 11.7 Å². The van der Waals surface area contributed by atoms with E-state index in [0.717, 1.165) is 19.3 Å². The van der Waals surface area contributed by atoms with E-state index >= 15 is 0 Å². The van der Waals surface area contributed by atoms with Crippen LogP contribution in [0, 0.1) is 5.92 Å². The molecule has 0 bridgehead atoms. The van der Waals surface area contributed by atoms with Crippen molar-refractivity contribution in [3.8, 4) is 0 Å². The highest BCUT2D eigenvalue weighted by atomic mass is 16.3. The molecule has 1 rings (SSSR count). The molecule has 0 aromatic carbocycles. The molecule has 104 valence electrons. The summed E-state index contributed by atoms with van der Waals surface area (Å²) < 4.78 is 0. The number of aliphatic hydroxyl groups is 1. The standard InChI is InChI=1S/C13H24N2O3/c1-9(2)11(12(14)17)15-10(16)8-13(18)6-4-3-5-7-13/h9,11,18H,3-8H2,1-2H3,(H2,14,17)(H,15,16). The summed E-state index contributed by atoms with van der Waals surface area (Å²) in [5, 5.41) is 12.9. The Balaban J connectivity index is 2.52. The van der Waals surface area contributed by atoms with Crippen molar-refractivity contribution in [1.82, 2.24) is 5.32 Å². The molecule has 0 radical (unpaired) electrons. The first-order chi connectivity index (χ1) is 8.34. The van der Waals surface area contributed by atoms with Gasteiger partial charge in [0.05, 0.1) is 12.0 Å². The van der Waals surface area contributed by atoms with Gasteiger partial charge >= 0.3 is 0 Å². The molecule has 1 aliphatic carbocycles. The van der Waals surface area contributed by atoms with Crippen molar-refractivity contribution in [3.05, 3.63) is 0 Å². The molecule has 18 heavy (non-hydrogen) atoms. The molecule has 0 heterocycles. The van der Waals surface area contributed by atoms with E-state index in [0.29, 0.717) is 12.8 Å². The highest BCUT2D eigenvalue weighted by Crippen LogP contribution is 2.30. The maximum atomic E-state index is 11.9. The van der Waals surface area contributed by atoms with Gasteiger partial charge in [0.15, 0.2) is 0 Å². The second-order valence-electron chi connectivity index (χ2n) is 5.65. The van der Waals surface area contributed by atoms with Crippen LogP contribution < -0.4 is 11.1 Å². The zero-order valence-corrected chi connectivity index (χ0v) is 11.2. The molecule has 1 unspecified atom stereocenters. The molecule has 1 aliphatic rings. The van der Waals surface area contributed by atoms with E-state index in [1.807, 2.05) is 13.8 Å². The van der Waals surface area contributed by atoms with E-state index in [9.17, 15) is 14.7 Å². The maximum Gasteiger partial charge on any atom is 0.240 e. The molecule has 1 fully saturated rings. The average molecular weight is 256 g/mol. The van der Waals surface area contributed by atoms with E-state index in [1.165, 1.54) is 0 Å². The number of amides is 2. The Bertz CT molecular complexity index is 309. The minimum Gasteiger partial charge on any atom is -0.389 e. The lowest BCUT2D eigenvalue weighted by Crippen LogP contribution is -2.49. The number of hydrogen-bond donors (Lipinski definition) is 3. The van der Waals surface area contributed by atoms with Crippen LogP contribution >= 0.6 is 0 Å². The molecule has 1 saturated carbocycles. The molecule has 5 nitrogen and oxygen atoms in total. The van der Waals surface area contributed by atoms with Crippen LogP contribution in [-0.4, -0.2) is 28.6 Å². The Morgan fingerprint density at radius 2 is 1.83 bits per heavy atom. The number of rotatable bonds is 5. The number of primary amides is 1. The molecule has 0 aliphatic heterocycles. The van der Waals surface area contributed by atoms with E-state index in [1.54, 1.807) is 0 Å². The fourth-order valence-electron chi connectivity index (χ4n) is 2.48. The van der Waals surface area contributed by atoms with Gasteiger partial charge in [0.2, 0.25) is 11.8 Å². The first-order valence-corrected chi connectivity index (χ1v) is 6.65. The smallest absolute Gasteiger partial charge is 0.240 e. The molecular formula is C13H24N2O3. The number of carbonyl (C=O) groups excluding carboxylic acids is 2. The minimum absolute atomic E-state index is 0.0487. The third kappa shape index (κ3) is 4.29. The second-order valence-corrected chi connectivity index (χ2v) is 5.65. The summed E-state index contributed by atoms with van der Waals surface area (Å²) in [7, 11) is 0. The average Bonchev–Trinajstić information content (AvgIpc) is 2.25. The largest absolute Gasteiger partial charge is 0.389 e. The Morgan fingerprint density at radius 3 is 2.28 bits per heavy atom. The summed E-state index contributed by atoms with van der Waals surface area (Å²) in [5.74, 6) is -0.877. The van der Waals surface area contributed by atoms with Crippen LogP contribution in [0.2, 0.25) is 0 Å². The van der Waals surface area contributed by atoms with Crippen LogP contribution in [-0.2, 0) is 9.59 Å². The van der Waals surface area contributed by atoms with Gasteiger partial charge in [-0.25, -0.2) is 0 Å². The van der Waals surface area contributed by atoms with Gasteiger partial charge in [-0.15, -0.1) is 0 Å². The fourth-order valence-corrected chi connectivity index (χ4v) is 2.48. The fraction of sp³-hybridized carbons (Fsp3) is 0.846. The Kier molecular flexibility index (Phi) is 5.14. The van der Waals surface area contributed by atoms with Gasteiger partial charge in [0, 0.05) is 0 Å². The quantitative estimate of drug-likeness (QED) is 0.676. The van der Waals surface area contributed by atoms with Crippen LogP contribution in [0.4, 0.5) is 0 Å². The second kappa shape index (κ2) is 6.18. The molecule has 0 saturated heterocycles. The summed E-state index contributed by atoms with van der Waals surface area (Å²) in [6.45, 7) is 3.65. The third-order valence-electron chi connectivity index (χ3n) is 3.56. The number of nitrogens with two attached hydrogens (primary N) is 1. The van der Waals surface area contributed by atoms with E-state index in [-0.39, 0.29) is 18.2 Å². The highest BCUT2D eigenvalue weighted by molar-refractivity contribution is 5.87. The summed E-state index contributed by atoms with van der Waals surface area (Å²) in [6.07, 6.45) is 4.39. The molecule has 2 amide bonds. The van der Waals surface area contributed by atoms with E-state index in [2.05, 4.69) is 5.32 Å². The van der Waals surface area contributed by atoms with Crippen molar-refractivity contribution >= 4 is 11.8 Å². The van der Waals surface area contributed by atoms with Crippen LogP contribution in [0.1, 0.15) is 52.4 Å². The lowest BCUT2D eigenvalue weighted by atomic mass is 9.82. The molecule has 0 spiro atoms. The summed E-state index contributed by atoms with van der Waals surface area (Å²) >= 11 is 0. The molecule has 4 N–H and O–H groups in total. The van der Waals surface area contributed by atoms with Gasteiger partial charge in [-0.05, 0) is 18.8 Å². The lowest BCUT2D eigenvalue weighted by molar-refractivity contribution is -0.132. The summed E-state index contributed by atoms with van der Waals surface area (Å²) in [5.41, 5.74) is 4.33. The zero-order chi connectivity index (χ0) is 13.8. The zero-order valence-electron chi connectivity index (χ0n) is 11.2. The maximum absolute atomic E-state index is 11.9. The van der Waals surface area contributed by atoms with Gasteiger partial charge in [-0.2, -0.15) is 0 Å². The monoisotopic (exact) mass is 256 g/mol. The van der Waals surface area contributed by atoms with Crippen LogP contribution in [0.3, 0.4) is 0 Å². The minimum atomic E-state index is -0.901. The first-order valence-electron chi connectivity index (χ1n) is 6.65. The molecule has 5 heteroatoms. The normalized spacial score (nSPS) is 20.4. The SMILES string of the molecule is CC(C)C(NC(=O)CC1(O)CCCCC1)C(N)=O. The van der Waals surface area contributed by atoms with Gasteiger partial charge in [-0.3, -0.25) is 9.59 Å². The molecular weight excluding hydrogens is 232 g/mol. The number of hydrogen-bond acceptors (Lipinski definition) is 3. The topological polar surface area (TPSA) is 92.4 Å². The van der Waals surface area contributed by atoms with Crippen LogP contribution in [0.25, 0.3) is 0 Å². The molecule has 0 aromatic rings.